The smallest absolute Gasteiger partial charge is 0.131 e. The van der Waals surface area contributed by atoms with E-state index in [1.54, 1.807) is 0 Å². The molecule has 0 aliphatic heterocycles. The summed E-state index contributed by atoms with van der Waals surface area (Å²) in [5.74, 6) is 0.931. The van der Waals surface area contributed by atoms with Crippen molar-refractivity contribution in [1.29, 1.82) is 0 Å². The van der Waals surface area contributed by atoms with Gasteiger partial charge in [0.2, 0.25) is 0 Å². The van der Waals surface area contributed by atoms with E-state index in [9.17, 15) is 0 Å². The summed E-state index contributed by atoms with van der Waals surface area (Å²) in [6.07, 6.45) is 0. The zero-order valence-corrected chi connectivity index (χ0v) is 15.2. The average Bonchev–Trinajstić information content (AvgIpc) is 3.25. The number of benzene rings is 2. The number of hydrogen-bond donors (Lipinski definition) is 1. The van der Waals surface area contributed by atoms with Crippen LogP contribution in [0.2, 0.25) is 0 Å². The summed E-state index contributed by atoms with van der Waals surface area (Å²) in [6.45, 7) is 7.01. The Morgan fingerprint density at radius 3 is 2.46 bits per heavy atom. The molecule has 6 heteroatoms. The topological polar surface area (TPSA) is 60.6 Å². The number of nitrogens with one attached hydrogen (secondary N) is 1. The molecule has 26 heavy (non-hydrogen) atoms. The summed E-state index contributed by atoms with van der Waals surface area (Å²) in [5.41, 5.74) is 3.92. The fourth-order valence-corrected chi connectivity index (χ4v) is 2.83. The van der Waals surface area contributed by atoms with Crippen molar-refractivity contribution in [1.82, 2.24) is 24.8 Å². The predicted octanol–water partition coefficient (Wildman–Crippen LogP) is 3.98. The third-order valence-corrected chi connectivity index (χ3v) is 4.31. The molecule has 0 radical (unpaired) electrons. The predicted molar refractivity (Wildman–Crippen MR) is 103 cm³/mol. The van der Waals surface area contributed by atoms with Crippen LogP contribution in [0.3, 0.4) is 0 Å². The molecular formula is C20H22N6. The van der Waals surface area contributed by atoms with Crippen molar-refractivity contribution in [3.63, 3.8) is 0 Å². The monoisotopic (exact) mass is 346 g/mol. The molecule has 0 amide bonds. The Morgan fingerprint density at radius 1 is 0.962 bits per heavy atom. The van der Waals surface area contributed by atoms with Gasteiger partial charge < -0.3 is 5.32 Å². The molecule has 0 aliphatic rings. The van der Waals surface area contributed by atoms with E-state index < -0.39 is 0 Å². The van der Waals surface area contributed by atoms with Crippen LogP contribution >= 0.6 is 0 Å². The lowest BCUT2D eigenvalue weighted by Gasteiger charge is -2.14. The largest absolute Gasteiger partial charge is 0.351 e. The minimum absolute atomic E-state index is 0.0313. The molecule has 4 rings (SSSR count). The second-order valence-electron chi connectivity index (χ2n) is 7.32. The SMILES string of the molecule is CC(C)(C)c1cc(NCn2nnc3ccccc32)n(-c2ccccc2)n1. The average molecular weight is 346 g/mol. The van der Waals surface area contributed by atoms with Crippen LogP contribution in [0.5, 0.6) is 0 Å². The van der Waals surface area contributed by atoms with Crippen LogP contribution in [0.15, 0.2) is 60.7 Å². The second kappa shape index (κ2) is 6.29. The van der Waals surface area contributed by atoms with Crippen molar-refractivity contribution in [2.75, 3.05) is 5.32 Å². The Labute approximate surface area is 152 Å². The zero-order chi connectivity index (χ0) is 18.1. The lowest BCUT2D eigenvalue weighted by atomic mass is 9.92. The van der Waals surface area contributed by atoms with E-state index >= 15 is 0 Å². The maximum atomic E-state index is 4.82. The highest BCUT2D eigenvalue weighted by Gasteiger charge is 2.20. The highest BCUT2D eigenvalue weighted by Crippen LogP contribution is 2.26. The number of para-hydroxylation sites is 2. The third kappa shape index (κ3) is 3.06. The van der Waals surface area contributed by atoms with Crippen LogP contribution < -0.4 is 5.32 Å². The molecule has 2 aromatic carbocycles. The summed E-state index contributed by atoms with van der Waals surface area (Å²) in [6, 6.07) is 20.2. The molecule has 0 saturated heterocycles. The number of hydrogen-bond acceptors (Lipinski definition) is 4. The van der Waals surface area contributed by atoms with Gasteiger partial charge in [-0.1, -0.05) is 56.3 Å². The quantitative estimate of drug-likeness (QED) is 0.607. The van der Waals surface area contributed by atoms with Crippen LogP contribution in [-0.4, -0.2) is 24.8 Å². The van der Waals surface area contributed by atoms with Crippen molar-refractivity contribution in [3.8, 4) is 5.69 Å². The van der Waals surface area contributed by atoms with Crippen molar-refractivity contribution < 1.29 is 0 Å². The summed E-state index contributed by atoms with van der Waals surface area (Å²) < 4.78 is 3.80. The number of nitrogens with zero attached hydrogens (tertiary/aromatic N) is 5. The van der Waals surface area contributed by atoms with Crippen LogP contribution in [0, 0.1) is 0 Å². The molecular weight excluding hydrogens is 324 g/mol. The van der Waals surface area contributed by atoms with Gasteiger partial charge in [-0.05, 0) is 24.3 Å². The van der Waals surface area contributed by atoms with Crippen LogP contribution in [0.4, 0.5) is 5.82 Å². The minimum atomic E-state index is -0.0313. The molecule has 0 unspecified atom stereocenters. The normalized spacial score (nSPS) is 11.8. The van der Waals surface area contributed by atoms with E-state index in [4.69, 9.17) is 5.10 Å². The van der Waals surface area contributed by atoms with E-state index in [0.29, 0.717) is 6.67 Å². The Balaban J connectivity index is 1.68. The number of aromatic nitrogens is 5. The molecule has 1 N–H and O–H groups in total. The Morgan fingerprint density at radius 2 is 1.69 bits per heavy atom. The molecule has 6 nitrogen and oxygen atoms in total. The zero-order valence-electron chi connectivity index (χ0n) is 15.2. The molecule has 0 spiro atoms. The first-order chi connectivity index (χ1) is 12.5. The lowest BCUT2D eigenvalue weighted by Crippen LogP contribution is -2.13. The van der Waals surface area contributed by atoms with E-state index in [2.05, 4.69) is 54.6 Å². The maximum absolute atomic E-state index is 4.82. The molecule has 0 fully saturated rings. The minimum Gasteiger partial charge on any atom is -0.351 e. The van der Waals surface area contributed by atoms with Gasteiger partial charge >= 0.3 is 0 Å². The molecule has 2 heterocycles. The van der Waals surface area contributed by atoms with Gasteiger partial charge in [-0.25, -0.2) is 9.36 Å². The summed E-state index contributed by atoms with van der Waals surface area (Å²) in [5, 5.41) is 16.7. The van der Waals surface area contributed by atoms with Gasteiger partial charge in [-0.3, -0.25) is 0 Å². The van der Waals surface area contributed by atoms with Crippen LogP contribution in [0.25, 0.3) is 16.7 Å². The van der Waals surface area contributed by atoms with Crippen molar-refractivity contribution in [2.24, 2.45) is 0 Å². The van der Waals surface area contributed by atoms with Gasteiger partial charge in [0.1, 0.15) is 18.0 Å². The molecule has 0 bridgehead atoms. The summed E-state index contributed by atoms with van der Waals surface area (Å²) >= 11 is 0. The van der Waals surface area contributed by atoms with Crippen LogP contribution in [-0.2, 0) is 12.1 Å². The van der Waals surface area contributed by atoms with Gasteiger partial charge in [0.15, 0.2) is 0 Å². The van der Waals surface area contributed by atoms with Gasteiger partial charge in [0.25, 0.3) is 0 Å². The van der Waals surface area contributed by atoms with E-state index in [1.807, 2.05) is 51.8 Å². The maximum Gasteiger partial charge on any atom is 0.131 e. The third-order valence-electron chi connectivity index (χ3n) is 4.31. The molecule has 0 saturated carbocycles. The Hall–Kier alpha value is -3.15. The number of anilines is 1. The van der Waals surface area contributed by atoms with Crippen molar-refractivity contribution in [3.05, 3.63) is 66.4 Å². The lowest BCUT2D eigenvalue weighted by molar-refractivity contribution is 0.560. The molecule has 0 aliphatic carbocycles. The first-order valence-corrected chi connectivity index (χ1v) is 8.70. The highest BCUT2D eigenvalue weighted by atomic mass is 15.5. The Kier molecular flexibility index (Phi) is 3.95. The number of rotatable bonds is 4. The highest BCUT2D eigenvalue weighted by molar-refractivity contribution is 5.73. The van der Waals surface area contributed by atoms with E-state index in [0.717, 1.165) is 28.2 Å². The second-order valence-corrected chi connectivity index (χ2v) is 7.32. The molecule has 0 atom stereocenters. The molecule has 132 valence electrons. The summed E-state index contributed by atoms with van der Waals surface area (Å²) in [4.78, 5) is 0. The molecule has 4 aromatic rings. The van der Waals surface area contributed by atoms with Gasteiger partial charge in [0, 0.05) is 11.5 Å². The van der Waals surface area contributed by atoms with E-state index in [-0.39, 0.29) is 5.41 Å². The van der Waals surface area contributed by atoms with E-state index in [1.165, 1.54) is 0 Å². The van der Waals surface area contributed by atoms with Crippen LogP contribution in [0.1, 0.15) is 26.5 Å². The standard InChI is InChI=1S/C20H22N6/c1-20(2,3)18-13-19(26(23-18)15-9-5-4-6-10-15)21-14-25-17-12-8-7-11-16(17)22-24-25/h4-13,21H,14H2,1-3H3. The number of fused-ring (bicyclic) bond motifs is 1. The van der Waals surface area contributed by atoms with Gasteiger partial charge in [0.05, 0.1) is 16.9 Å². The van der Waals surface area contributed by atoms with Gasteiger partial charge in [-0.15, -0.1) is 5.10 Å². The first kappa shape index (κ1) is 16.3. The fraction of sp³-hybridized carbons (Fsp3) is 0.250. The van der Waals surface area contributed by atoms with Gasteiger partial charge in [-0.2, -0.15) is 5.10 Å². The Bertz CT molecular complexity index is 1020. The molecule has 2 aromatic heterocycles. The fourth-order valence-electron chi connectivity index (χ4n) is 2.83. The van der Waals surface area contributed by atoms with Crippen molar-refractivity contribution in [2.45, 2.75) is 32.9 Å². The van der Waals surface area contributed by atoms with Crippen molar-refractivity contribution >= 4 is 16.9 Å². The first-order valence-electron chi connectivity index (χ1n) is 8.70. The summed E-state index contributed by atoms with van der Waals surface area (Å²) in [7, 11) is 0.